The van der Waals surface area contributed by atoms with Crippen LogP contribution in [-0.2, 0) is 0 Å². The van der Waals surface area contributed by atoms with E-state index in [1.165, 1.54) is 98.4 Å². The van der Waals surface area contributed by atoms with Crippen LogP contribution in [0, 0.1) is 0 Å². The minimum Gasteiger partial charge on any atom is -0.0622 e. The topological polar surface area (TPSA) is 0 Å². The van der Waals surface area contributed by atoms with Gasteiger partial charge in [0.25, 0.3) is 0 Å². The van der Waals surface area contributed by atoms with Gasteiger partial charge in [-0.1, -0.05) is 188 Å². The molecule has 0 atom stereocenters. The molecule has 0 saturated heterocycles. The maximum Gasteiger partial charge on any atom is -0.00139 e. The summed E-state index contributed by atoms with van der Waals surface area (Å²) in [7, 11) is 0. The van der Waals surface area contributed by atoms with Gasteiger partial charge in [-0.2, -0.15) is 0 Å². The van der Waals surface area contributed by atoms with Crippen molar-refractivity contribution in [2.45, 2.75) is 0 Å². The van der Waals surface area contributed by atoms with Crippen LogP contribution in [0.2, 0.25) is 0 Å². The monoisotopic (exact) mass is 632 g/mol. The fraction of sp³-hybridized carbons (Fsp3) is 0. The molecule has 0 aromatic heterocycles. The van der Waals surface area contributed by atoms with Gasteiger partial charge in [0.1, 0.15) is 0 Å². The van der Waals surface area contributed by atoms with Crippen molar-refractivity contribution in [2.75, 3.05) is 0 Å². The number of hydrogen-bond donors (Lipinski definition) is 0. The van der Waals surface area contributed by atoms with Crippen LogP contribution in [0.15, 0.2) is 194 Å². The quantitative estimate of drug-likeness (QED) is 0.169. The maximum absolute atomic E-state index is 2.35. The standard InChI is InChI=1S/C50H32/c1-2-17-34(18-3-1)37-20-6-7-21-38(37)48-41-24-10-14-28-45(41)50(46-29-15-11-25-42(46)48)49-43-26-12-8-22-39(43)47(40-23-9-13-27-44(40)49)36-31-30-33-16-4-5-19-35(33)32-36/h1-32H. The van der Waals surface area contributed by atoms with E-state index in [-0.39, 0.29) is 0 Å². The van der Waals surface area contributed by atoms with Gasteiger partial charge in [-0.15, -0.1) is 0 Å². The second kappa shape index (κ2) is 11.6. The van der Waals surface area contributed by atoms with Crippen LogP contribution in [0.3, 0.4) is 0 Å². The molecule has 50 heavy (non-hydrogen) atoms. The van der Waals surface area contributed by atoms with Gasteiger partial charge < -0.3 is 0 Å². The molecular formula is C50H32. The molecule has 0 saturated carbocycles. The first kappa shape index (κ1) is 28.5. The van der Waals surface area contributed by atoms with Crippen molar-refractivity contribution in [2.24, 2.45) is 0 Å². The minimum absolute atomic E-state index is 1.22. The molecule has 232 valence electrons. The summed E-state index contributed by atoms with van der Waals surface area (Å²) in [6.07, 6.45) is 0. The average Bonchev–Trinajstić information content (AvgIpc) is 3.19. The first-order valence-electron chi connectivity index (χ1n) is 17.4. The van der Waals surface area contributed by atoms with Gasteiger partial charge in [0, 0.05) is 0 Å². The van der Waals surface area contributed by atoms with Gasteiger partial charge >= 0.3 is 0 Å². The molecule has 0 aliphatic carbocycles. The van der Waals surface area contributed by atoms with Crippen molar-refractivity contribution in [3.05, 3.63) is 194 Å². The highest BCUT2D eigenvalue weighted by molar-refractivity contribution is 6.30. The van der Waals surface area contributed by atoms with Gasteiger partial charge in [-0.3, -0.25) is 0 Å². The normalized spacial score (nSPS) is 11.6. The lowest BCUT2D eigenvalue weighted by Crippen LogP contribution is -1.95. The van der Waals surface area contributed by atoms with Crippen LogP contribution >= 0.6 is 0 Å². The van der Waals surface area contributed by atoms with E-state index in [1.54, 1.807) is 0 Å². The van der Waals surface area contributed by atoms with Crippen LogP contribution in [0.5, 0.6) is 0 Å². The van der Waals surface area contributed by atoms with E-state index >= 15 is 0 Å². The fourth-order valence-electron chi connectivity index (χ4n) is 8.31. The van der Waals surface area contributed by atoms with E-state index in [4.69, 9.17) is 0 Å². The van der Waals surface area contributed by atoms with Crippen molar-refractivity contribution < 1.29 is 0 Å². The van der Waals surface area contributed by atoms with E-state index in [9.17, 15) is 0 Å². The lowest BCUT2D eigenvalue weighted by atomic mass is 9.80. The Labute approximate surface area is 291 Å². The summed E-state index contributed by atoms with van der Waals surface area (Å²) in [6, 6.07) is 71.3. The molecule has 10 aromatic rings. The molecular weight excluding hydrogens is 601 g/mol. The van der Waals surface area contributed by atoms with Gasteiger partial charge in [-0.05, 0) is 104 Å². The Hall–Kier alpha value is -6.50. The van der Waals surface area contributed by atoms with Gasteiger partial charge in [0.2, 0.25) is 0 Å². The summed E-state index contributed by atoms with van der Waals surface area (Å²) >= 11 is 0. The van der Waals surface area contributed by atoms with Gasteiger partial charge in [0.15, 0.2) is 0 Å². The summed E-state index contributed by atoms with van der Waals surface area (Å²) < 4.78 is 0. The predicted molar refractivity (Wildman–Crippen MR) is 216 cm³/mol. The zero-order valence-corrected chi connectivity index (χ0v) is 27.5. The molecule has 0 radical (unpaired) electrons. The van der Waals surface area contributed by atoms with Crippen LogP contribution in [0.25, 0.3) is 98.4 Å². The third-order valence-electron chi connectivity index (χ3n) is 10.4. The number of hydrogen-bond acceptors (Lipinski definition) is 0. The Bertz CT molecular complexity index is 2800. The SMILES string of the molecule is c1ccc(-c2ccccc2-c2c3ccccc3c(-c3c4ccccc4c(-c4ccc5ccccc5c4)c4ccccc34)c3ccccc23)cc1. The number of fused-ring (bicyclic) bond motifs is 5. The predicted octanol–water partition coefficient (Wildman–Crippen LogP) is 14.1. The van der Waals surface area contributed by atoms with Gasteiger partial charge in [-0.25, -0.2) is 0 Å². The zero-order chi connectivity index (χ0) is 33.0. The molecule has 10 rings (SSSR count). The third kappa shape index (κ3) is 4.39. The Morgan fingerprint density at radius 1 is 0.200 bits per heavy atom. The number of rotatable bonds is 4. The molecule has 0 N–H and O–H groups in total. The largest absolute Gasteiger partial charge is 0.0622 e. The molecule has 0 spiro atoms. The molecule has 0 heteroatoms. The highest BCUT2D eigenvalue weighted by Gasteiger charge is 2.23. The maximum atomic E-state index is 2.35. The minimum atomic E-state index is 1.22. The molecule has 10 aromatic carbocycles. The summed E-state index contributed by atoms with van der Waals surface area (Å²) in [6.45, 7) is 0. The third-order valence-corrected chi connectivity index (χ3v) is 10.4. The molecule has 0 unspecified atom stereocenters. The Kier molecular flexibility index (Phi) is 6.60. The van der Waals surface area contributed by atoms with Crippen LogP contribution in [-0.4, -0.2) is 0 Å². The highest BCUT2D eigenvalue weighted by Crippen LogP contribution is 2.51. The fourth-order valence-corrected chi connectivity index (χ4v) is 8.31. The molecule has 0 nitrogen and oxygen atoms in total. The highest BCUT2D eigenvalue weighted by atomic mass is 14.3. The molecule has 0 fully saturated rings. The summed E-state index contributed by atoms with van der Waals surface area (Å²) in [5.41, 5.74) is 10.1. The van der Waals surface area contributed by atoms with E-state index < -0.39 is 0 Å². The van der Waals surface area contributed by atoms with Crippen molar-refractivity contribution in [1.29, 1.82) is 0 Å². The smallest absolute Gasteiger partial charge is 0.00139 e. The summed E-state index contributed by atoms with van der Waals surface area (Å²) in [5.74, 6) is 0. The van der Waals surface area contributed by atoms with Crippen LogP contribution in [0.4, 0.5) is 0 Å². The second-order valence-electron chi connectivity index (χ2n) is 13.2. The molecule has 0 heterocycles. The van der Waals surface area contributed by atoms with Crippen LogP contribution < -0.4 is 0 Å². The van der Waals surface area contributed by atoms with E-state index in [1.807, 2.05) is 0 Å². The van der Waals surface area contributed by atoms with Crippen molar-refractivity contribution in [3.63, 3.8) is 0 Å². The Morgan fingerprint density at radius 2 is 0.580 bits per heavy atom. The average molecular weight is 633 g/mol. The first-order chi connectivity index (χ1) is 24.8. The molecule has 0 aliphatic heterocycles. The molecule has 0 aliphatic rings. The Balaban J connectivity index is 1.35. The number of benzene rings is 10. The van der Waals surface area contributed by atoms with E-state index in [0.29, 0.717) is 0 Å². The lowest BCUT2D eigenvalue weighted by Gasteiger charge is -2.23. The zero-order valence-electron chi connectivity index (χ0n) is 27.5. The van der Waals surface area contributed by atoms with Crippen molar-refractivity contribution in [3.8, 4) is 44.5 Å². The Morgan fingerprint density at radius 3 is 1.10 bits per heavy atom. The van der Waals surface area contributed by atoms with E-state index in [2.05, 4.69) is 194 Å². The lowest BCUT2D eigenvalue weighted by molar-refractivity contribution is 1.61. The van der Waals surface area contributed by atoms with Crippen molar-refractivity contribution >= 4 is 53.9 Å². The molecule has 0 amide bonds. The summed E-state index contributed by atoms with van der Waals surface area (Å²) in [4.78, 5) is 0. The summed E-state index contributed by atoms with van der Waals surface area (Å²) in [5, 5.41) is 12.6. The van der Waals surface area contributed by atoms with Crippen LogP contribution in [0.1, 0.15) is 0 Å². The second-order valence-corrected chi connectivity index (χ2v) is 13.2. The first-order valence-corrected chi connectivity index (χ1v) is 17.4. The van der Waals surface area contributed by atoms with E-state index in [0.717, 1.165) is 0 Å². The van der Waals surface area contributed by atoms with Gasteiger partial charge in [0.05, 0.1) is 0 Å². The van der Waals surface area contributed by atoms with Crippen molar-refractivity contribution in [1.82, 2.24) is 0 Å². The molecule has 0 bridgehead atoms.